The first kappa shape index (κ1) is 27.1. The first-order valence-corrected chi connectivity index (χ1v) is 13.0. The number of rotatable bonds is 12. The van der Waals surface area contributed by atoms with Gasteiger partial charge in [-0.1, -0.05) is 56.9 Å². The Kier molecular flexibility index (Phi) is 10.5. The third kappa shape index (κ3) is 8.02. The van der Waals surface area contributed by atoms with Gasteiger partial charge in [-0.05, 0) is 77.0 Å². The maximum absolute atomic E-state index is 12.3. The third-order valence-electron chi connectivity index (χ3n) is 7.72. The maximum atomic E-state index is 12.3. The average Bonchev–Trinajstić information content (AvgIpc) is 3.22. The molecule has 0 unspecified atom stereocenters. The molecule has 2 aliphatic carbocycles. The van der Waals surface area contributed by atoms with Gasteiger partial charge in [-0.2, -0.15) is 0 Å². The van der Waals surface area contributed by atoms with Gasteiger partial charge >= 0.3 is 0 Å². The Morgan fingerprint density at radius 1 is 1.28 bits per heavy atom. The summed E-state index contributed by atoms with van der Waals surface area (Å²) in [5, 5.41) is 21.0. The summed E-state index contributed by atoms with van der Waals surface area (Å²) < 4.78 is 0. The smallest absolute Gasteiger partial charge is 0.222 e. The first-order chi connectivity index (χ1) is 15.0. The highest BCUT2D eigenvalue weighted by atomic mass is 16.3. The van der Waals surface area contributed by atoms with E-state index in [9.17, 15) is 15.0 Å². The summed E-state index contributed by atoms with van der Waals surface area (Å²) in [6.07, 6.45) is 15.7. The van der Waals surface area contributed by atoms with Crippen molar-refractivity contribution in [2.45, 2.75) is 117 Å². The van der Waals surface area contributed by atoms with Crippen LogP contribution in [0.1, 0.15) is 98.8 Å². The number of aliphatic hydroxyl groups is 2. The van der Waals surface area contributed by atoms with Gasteiger partial charge in [0.25, 0.3) is 0 Å². The molecule has 1 fully saturated rings. The SMILES string of the molecule is CCCC[C@H](C)C[C@H](O)C=C[C@@H]1[C@H]2CC(CCCCC(=O)N(C)C(C)(C)C)=C[C@H]2C[C@H]1O. The van der Waals surface area contributed by atoms with Crippen molar-refractivity contribution in [2.75, 3.05) is 7.05 Å². The zero-order chi connectivity index (χ0) is 23.9. The summed E-state index contributed by atoms with van der Waals surface area (Å²) in [6.45, 7) is 10.6. The van der Waals surface area contributed by atoms with Gasteiger partial charge in [0, 0.05) is 24.9 Å². The number of hydrogen-bond donors (Lipinski definition) is 2. The van der Waals surface area contributed by atoms with Gasteiger partial charge in [0.05, 0.1) is 12.2 Å². The number of fused-ring (bicyclic) bond motifs is 1. The molecule has 0 heterocycles. The van der Waals surface area contributed by atoms with Crippen molar-refractivity contribution >= 4 is 5.91 Å². The lowest BCUT2D eigenvalue weighted by atomic mass is 9.88. The van der Waals surface area contributed by atoms with Crippen LogP contribution >= 0.6 is 0 Å². The molecule has 0 spiro atoms. The molecule has 0 aliphatic heterocycles. The van der Waals surface area contributed by atoms with E-state index in [-0.39, 0.29) is 23.5 Å². The van der Waals surface area contributed by atoms with Crippen LogP contribution in [0.3, 0.4) is 0 Å². The predicted octanol–water partition coefficient (Wildman–Crippen LogP) is 5.88. The fourth-order valence-electron chi connectivity index (χ4n) is 5.38. The standard InChI is InChI=1S/C28H49NO3/c1-7-8-11-20(2)16-23(30)14-15-24-25-18-21(17-22(25)19-26(24)31)12-9-10-13-27(32)29(6)28(3,4)5/h14-15,17,20,22-26,30-31H,7-13,16,18-19H2,1-6H3/t20-,22-,23+,24+,25-,26+/m0/s1. The largest absolute Gasteiger partial charge is 0.392 e. The summed E-state index contributed by atoms with van der Waals surface area (Å²) in [5.41, 5.74) is 1.38. The molecule has 6 atom stereocenters. The fourth-order valence-corrected chi connectivity index (χ4v) is 5.38. The molecular weight excluding hydrogens is 398 g/mol. The normalized spacial score (nSPS) is 27.4. The Bertz CT molecular complexity index is 648. The highest BCUT2D eigenvalue weighted by Gasteiger charge is 2.43. The summed E-state index contributed by atoms with van der Waals surface area (Å²) >= 11 is 0. The van der Waals surface area contributed by atoms with Crippen molar-refractivity contribution in [1.82, 2.24) is 4.90 Å². The highest BCUT2D eigenvalue weighted by molar-refractivity contribution is 5.76. The molecule has 0 saturated heterocycles. The predicted molar refractivity (Wildman–Crippen MR) is 133 cm³/mol. The van der Waals surface area contributed by atoms with Crippen LogP contribution in [-0.4, -0.2) is 45.8 Å². The number of hydrogen-bond acceptors (Lipinski definition) is 3. The fraction of sp³-hybridized carbons (Fsp3) is 0.821. The monoisotopic (exact) mass is 447 g/mol. The van der Waals surface area contributed by atoms with Gasteiger partial charge in [-0.15, -0.1) is 0 Å². The van der Waals surface area contributed by atoms with Crippen molar-refractivity contribution in [2.24, 2.45) is 23.7 Å². The molecule has 1 saturated carbocycles. The number of amides is 1. The molecule has 184 valence electrons. The number of unbranched alkanes of at least 4 members (excludes halogenated alkanes) is 2. The lowest BCUT2D eigenvalue weighted by molar-refractivity contribution is -0.134. The number of nitrogens with zero attached hydrogens (tertiary/aromatic N) is 1. The summed E-state index contributed by atoms with van der Waals surface area (Å²) in [5.74, 6) is 1.84. The lowest BCUT2D eigenvalue weighted by Gasteiger charge is -2.32. The van der Waals surface area contributed by atoms with E-state index in [4.69, 9.17) is 0 Å². The van der Waals surface area contributed by atoms with Crippen LogP contribution in [0.5, 0.6) is 0 Å². The van der Waals surface area contributed by atoms with Crippen molar-refractivity contribution in [3.8, 4) is 0 Å². The minimum absolute atomic E-state index is 0.118. The molecule has 0 aromatic rings. The number of carbonyl (C=O) groups excluding carboxylic acids is 1. The molecule has 2 rings (SSSR count). The first-order valence-electron chi connectivity index (χ1n) is 13.0. The van der Waals surface area contributed by atoms with Crippen molar-refractivity contribution < 1.29 is 15.0 Å². The molecule has 2 N–H and O–H groups in total. The van der Waals surface area contributed by atoms with Gasteiger partial charge in [-0.25, -0.2) is 0 Å². The van der Waals surface area contributed by atoms with E-state index < -0.39 is 6.10 Å². The molecule has 2 aliphatic rings. The van der Waals surface area contributed by atoms with Crippen LogP contribution in [-0.2, 0) is 4.79 Å². The van der Waals surface area contributed by atoms with Gasteiger partial charge in [0.2, 0.25) is 5.91 Å². The van der Waals surface area contributed by atoms with E-state index >= 15 is 0 Å². The summed E-state index contributed by atoms with van der Waals surface area (Å²) in [4.78, 5) is 14.2. The van der Waals surface area contributed by atoms with Crippen LogP contribution in [0, 0.1) is 23.7 Å². The molecule has 4 heteroatoms. The topological polar surface area (TPSA) is 60.8 Å². The van der Waals surface area contributed by atoms with Crippen LogP contribution in [0.4, 0.5) is 0 Å². The van der Waals surface area contributed by atoms with Crippen LogP contribution in [0.25, 0.3) is 0 Å². The molecule has 0 aromatic heterocycles. The molecule has 0 radical (unpaired) electrons. The summed E-state index contributed by atoms with van der Waals surface area (Å²) in [7, 11) is 1.89. The van der Waals surface area contributed by atoms with Crippen LogP contribution < -0.4 is 0 Å². The molecule has 1 amide bonds. The maximum Gasteiger partial charge on any atom is 0.222 e. The van der Waals surface area contributed by atoms with E-state index in [0.717, 1.165) is 38.5 Å². The molecule has 0 bridgehead atoms. The Balaban J connectivity index is 1.76. The van der Waals surface area contributed by atoms with Crippen LogP contribution in [0.2, 0.25) is 0 Å². The van der Waals surface area contributed by atoms with E-state index in [1.807, 2.05) is 18.0 Å². The number of aliphatic hydroxyl groups excluding tert-OH is 2. The minimum atomic E-state index is -0.411. The van der Waals surface area contributed by atoms with Crippen molar-refractivity contribution in [3.63, 3.8) is 0 Å². The number of carbonyl (C=O) groups is 1. The quantitative estimate of drug-likeness (QED) is 0.290. The Morgan fingerprint density at radius 3 is 2.66 bits per heavy atom. The average molecular weight is 448 g/mol. The van der Waals surface area contributed by atoms with E-state index in [0.29, 0.717) is 24.2 Å². The van der Waals surface area contributed by atoms with Gasteiger partial charge in [0.1, 0.15) is 0 Å². The molecule has 0 aromatic carbocycles. The van der Waals surface area contributed by atoms with E-state index in [2.05, 4.69) is 46.8 Å². The van der Waals surface area contributed by atoms with Crippen molar-refractivity contribution in [3.05, 3.63) is 23.8 Å². The lowest BCUT2D eigenvalue weighted by Crippen LogP contribution is -2.42. The summed E-state index contributed by atoms with van der Waals surface area (Å²) in [6, 6.07) is 0. The second kappa shape index (κ2) is 12.4. The van der Waals surface area contributed by atoms with Gasteiger partial charge in [0.15, 0.2) is 0 Å². The van der Waals surface area contributed by atoms with Gasteiger partial charge in [-0.3, -0.25) is 4.79 Å². The second-order valence-corrected chi connectivity index (χ2v) is 11.5. The minimum Gasteiger partial charge on any atom is -0.392 e. The van der Waals surface area contributed by atoms with E-state index in [1.54, 1.807) is 0 Å². The van der Waals surface area contributed by atoms with E-state index in [1.165, 1.54) is 24.8 Å². The zero-order valence-corrected chi connectivity index (χ0v) is 21.5. The van der Waals surface area contributed by atoms with Crippen molar-refractivity contribution in [1.29, 1.82) is 0 Å². The molecular formula is C28H49NO3. The molecule has 4 nitrogen and oxygen atoms in total. The Labute approximate surface area is 197 Å². The number of allylic oxidation sites excluding steroid dienone is 2. The highest BCUT2D eigenvalue weighted by Crippen LogP contribution is 2.48. The second-order valence-electron chi connectivity index (χ2n) is 11.5. The Morgan fingerprint density at radius 2 is 2.00 bits per heavy atom. The van der Waals surface area contributed by atoms with Crippen LogP contribution in [0.15, 0.2) is 23.8 Å². The zero-order valence-electron chi connectivity index (χ0n) is 21.5. The third-order valence-corrected chi connectivity index (χ3v) is 7.72. The Hall–Kier alpha value is -1.13. The molecule has 32 heavy (non-hydrogen) atoms. The van der Waals surface area contributed by atoms with Gasteiger partial charge < -0.3 is 15.1 Å².